The van der Waals surface area contributed by atoms with Gasteiger partial charge in [0.25, 0.3) is 0 Å². The zero-order valence-corrected chi connectivity index (χ0v) is 13.4. The quantitative estimate of drug-likeness (QED) is 0.671. The normalized spacial score (nSPS) is 36.0. The molecule has 0 aromatic heterocycles. The van der Waals surface area contributed by atoms with Crippen LogP contribution >= 0.6 is 0 Å². The molecule has 2 bridgehead atoms. The summed E-state index contributed by atoms with van der Waals surface area (Å²) in [7, 11) is 0. The standard InChI is InChI=1S/C17H33NO/c1-5-6-11-19-12-7-10-18-15-16(2,3)14-8-9-17(15,4)13-14/h14-15,18H,5-13H2,1-4H3. The molecule has 0 spiro atoms. The van der Waals surface area contributed by atoms with Crippen LogP contribution in [0, 0.1) is 16.7 Å². The van der Waals surface area contributed by atoms with Gasteiger partial charge in [0.05, 0.1) is 0 Å². The second kappa shape index (κ2) is 6.13. The van der Waals surface area contributed by atoms with Crippen LogP contribution in [0.1, 0.15) is 66.2 Å². The Morgan fingerprint density at radius 1 is 1.16 bits per heavy atom. The second-order valence-electron chi connectivity index (χ2n) is 7.62. The molecule has 19 heavy (non-hydrogen) atoms. The van der Waals surface area contributed by atoms with Crippen LogP contribution in [0.2, 0.25) is 0 Å². The van der Waals surface area contributed by atoms with Crippen LogP contribution in [0.4, 0.5) is 0 Å². The van der Waals surface area contributed by atoms with E-state index >= 15 is 0 Å². The van der Waals surface area contributed by atoms with Gasteiger partial charge < -0.3 is 10.1 Å². The molecule has 2 fully saturated rings. The fraction of sp³-hybridized carbons (Fsp3) is 1.00. The lowest BCUT2D eigenvalue weighted by Gasteiger charge is -2.43. The van der Waals surface area contributed by atoms with E-state index in [-0.39, 0.29) is 0 Å². The van der Waals surface area contributed by atoms with Crippen molar-refractivity contribution in [3.63, 3.8) is 0 Å². The van der Waals surface area contributed by atoms with E-state index in [0.29, 0.717) is 16.9 Å². The molecule has 1 N–H and O–H groups in total. The van der Waals surface area contributed by atoms with Gasteiger partial charge in [-0.3, -0.25) is 0 Å². The summed E-state index contributed by atoms with van der Waals surface area (Å²) in [5.74, 6) is 0.941. The summed E-state index contributed by atoms with van der Waals surface area (Å²) in [6.45, 7) is 12.6. The van der Waals surface area contributed by atoms with E-state index in [9.17, 15) is 0 Å². The molecule has 0 aromatic rings. The lowest BCUT2D eigenvalue weighted by Crippen LogP contribution is -2.50. The number of hydrogen-bond acceptors (Lipinski definition) is 2. The third-order valence-corrected chi connectivity index (χ3v) is 5.73. The molecule has 3 unspecified atom stereocenters. The van der Waals surface area contributed by atoms with Crippen LogP contribution in [-0.2, 0) is 4.74 Å². The molecule has 0 aromatic carbocycles. The molecular weight excluding hydrogens is 234 g/mol. The lowest BCUT2D eigenvalue weighted by atomic mass is 9.68. The Bertz CT molecular complexity index is 284. The first-order valence-corrected chi connectivity index (χ1v) is 8.32. The van der Waals surface area contributed by atoms with Crippen molar-refractivity contribution < 1.29 is 4.74 Å². The van der Waals surface area contributed by atoms with Crippen LogP contribution in [-0.4, -0.2) is 25.8 Å². The number of unbranched alkanes of at least 4 members (excludes halogenated alkanes) is 1. The minimum Gasteiger partial charge on any atom is -0.381 e. The maximum atomic E-state index is 5.64. The first kappa shape index (κ1) is 15.3. The van der Waals surface area contributed by atoms with E-state index < -0.39 is 0 Å². The average molecular weight is 267 g/mol. The summed E-state index contributed by atoms with van der Waals surface area (Å²) in [5, 5.41) is 3.85. The van der Waals surface area contributed by atoms with E-state index in [1.54, 1.807) is 0 Å². The highest BCUT2D eigenvalue weighted by Gasteiger charge is 2.58. The monoisotopic (exact) mass is 267 g/mol. The Balaban J connectivity index is 1.68. The van der Waals surface area contributed by atoms with Crippen molar-refractivity contribution in [2.75, 3.05) is 19.8 Å². The molecule has 2 heteroatoms. The van der Waals surface area contributed by atoms with Gasteiger partial charge in [0.1, 0.15) is 0 Å². The minimum absolute atomic E-state index is 0.482. The van der Waals surface area contributed by atoms with Crippen LogP contribution in [0.15, 0.2) is 0 Å². The predicted octanol–water partition coefficient (Wildman–Crippen LogP) is 4.00. The molecule has 3 atom stereocenters. The number of hydrogen-bond donors (Lipinski definition) is 1. The summed E-state index contributed by atoms with van der Waals surface area (Å²) in [6.07, 6.45) is 7.88. The Morgan fingerprint density at radius 2 is 1.89 bits per heavy atom. The maximum Gasteiger partial charge on any atom is 0.0478 e. The van der Waals surface area contributed by atoms with Crippen molar-refractivity contribution in [1.29, 1.82) is 0 Å². The van der Waals surface area contributed by atoms with E-state index in [0.717, 1.165) is 32.1 Å². The number of nitrogens with one attached hydrogen (secondary N) is 1. The van der Waals surface area contributed by atoms with Crippen molar-refractivity contribution in [3.05, 3.63) is 0 Å². The molecule has 2 saturated carbocycles. The van der Waals surface area contributed by atoms with Gasteiger partial charge in [-0.05, 0) is 55.4 Å². The zero-order chi connectivity index (χ0) is 13.9. The first-order chi connectivity index (χ1) is 9.00. The van der Waals surface area contributed by atoms with Gasteiger partial charge in [0, 0.05) is 19.3 Å². The maximum absolute atomic E-state index is 5.64. The fourth-order valence-electron chi connectivity index (χ4n) is 4.58. The summed E-state index contributed by atoms with van der Waals surface area (Å²) >= 11 is 0. The van der Waals surface area contributed by atoms with Crippen molar-refractivity contribution >= 4 is 0 Å². The second-order valence-corrected chi connectivity index (χ2v) is 7.62. The molecule has 0 aliphatic heterocycles. The van der Waals surface area contributed by atoms with E-state index in [2.05, 4.69) is 33.0 Å². The van der Waals surface area contributed by atoms with E-state index in [1.165, 1.54) is 32.1 Å². The molecular formula is C17H33NO. The van der Waals surface area contributed by atoms with Gasteiger partial charge in [-0.1, -0.05) is 34.1 Å². The van der Waals surface area contributed by atoms with E-state index in [4.69, 9.17) is 4.74 Å². The molecule has 0 saturated heterocycles. The third kappa shape index (κ3) is 3.16. The van der Waals surface area contributed by atoms with Gasteiger partial charge in [-0.15, -0.1) is 0 Å². The highest BCUT2D eigenvalue weighted by atomic mass is 16.5. The predicted molar refractivity (Wildman–Crippen MR) is 81.4 cm³/mol. The summed E-state index contributed by atoms with van der Waals surface area (Å²) in [5.41, 5.74) is 1.04. The topological polar surface area (TPSA) is 21.3 Å². The molecule has 2 rings (SSSR count). The molecule has 2 nitrogen and oxygen atoms in total. The molecule has 0 radical (unpaired) electrons. The van der Waals surface area contributed by atoms with Gasteiger partial charge >= 0.3 is 0 Å². The van der Waals surface area contributed by atoms with Crippen LogP contribution < -0.4 is 5.32 Å². The molecule has 2 aliphatic rings. The Morgan fingerprint density at radius 3 is 2.53 bits per heavy atom. The molecule has 0 heterocycles. The SMILES string of the molecule is CCCCOCCCNC1C2(C)CCC(C2)C1(C)C. The van der Waals surface area contributed by atoms with Crippen molar-refractivity contribution in [2.45, 2.75) is 72.3 Å². The Kier molecular flexibility index (Phi) is 4.94. The van der Waals surface area contributed by atoms with Crippen molar-refractivity contribution in [2.24, 2.45) is 16.7 Å². The molecule has 0 amide bonds. The average Bonchev–Trinajstić information content (AvgIpc) is 2.83. The summed E-state index contributed by atoms with van der Waals surface area (Å²) in [4.78, 5) is 0. The highest BCUT2D eigenvalue weighted by molar-refractivity contribution is 5.11. The number of rotatable bonds is 8. The number of ether oxygens (including phenoxy) is 1. The zero-order valence-electron chi connectivity index (χ0n) is 13.4. The minimum atomic E-state index is 0.482. The highest BCUT2D eigenvalue weighted by Crippen LogP contribution is 2.62. The van der Waals surface area contributed by atoms with Crippen molar-refractivity contribution in [1.82, 2.24) is 5.32 Å². The van der Waals surface area contributed by atoms with Crippen molar-refractivity contribution in [3.8, 4) is 0 Å². The summed E-state index contributed by atoms with van der Waals surface area (Å²) in [6, 6.07) is 0.703. The first-order valence-electron chi connectivity index (χ1n) is 8.32. The Hall–Kier alpha value is -0.0800. The smallest absolute Gasteiger partial charge is 0.0478 e. The summed E-state index contributed by atoms with van der Waals surface area (Å²) < 4.78 is 5.64. The molecule has 2 aliphatic carbocycles. The third-order valence-electron chi connectivity index (χ3n) is 5.73. The van der Waals surface area contributed by atoms with Gasteiger partial charge in [0.2, 0.25) is 0 Å². The van der Waals surface area contributed by atoms with Gasteiger partial charge in [-0.2, -0.15) is 0 Å². The fourth-order valence-corrected chi connectivity index (χ4v) is 4.58. The molecule has 112 valence electrons. The Labute approximate surface area is 119 Å². The van der Waals surface area contributed by atoms with Crippen LogP contribution in [0.3, 0.4) is 0 Å². The largest absolute Gasteiger partial charge is 0.381 e. The van der Waals surface area contributed by atoms with E-state index in [1.807, 2.05) is 0 Å². The van der Waals surface area contributed by atoms with Crippen LogP contribution in [0.25, 0.3) is 0 Å². The van der Waals surface area contributed by atoms with Crippen LogP contribution in [0.5, 0.6) is 0 Å². The van der Waals surface area contributed by atoms with Gasteiger partial charge in [0.15, 0.2) is 0 Å². The lowest BCUT2D eigenvalue weighted by molar-refractivity contribution is 0.0985. The number of fused-ring (bicyclic) bond motifs is 2. The van der Waals surface area contributed by atoms with Gasteiger partial charge in [-0.25, -0.2) is 0 Å².